The van der Waals surface area contributed by atoms with Gasteiger partial charge in [-0.05, 0) is 117 Å². The Hall–Kier alpha value is -7.61. The monoisotopic (exact) mass is 733 g/mol. The second-order valence-electron chi connectivity index (χ2n) is 15.4. The molecule has 0 aliphatic heterocycles. The number of rotatable bonds is 4. The summed E-state index contributed by atoms with van der Waals surface area (Å²) in [6.07, 6.45) is 2.13. The Bertz CT molecular complexity index is 3630. The van der Waals surface area contributed by atoms with Crippen LogP contribution in [-0.4, -0.2) is 4.98 Å². The molecule has 58 heavy (non-hydrogen) atoms. The molecule has 0 aliphatic carbocycles. The number of aromatic nitrogens is 1. The molecule has 0 spiro atoms. The van der Waals surface area contributed by atoms with Crippen molar-refractivity contribution in [3.05, 3.63) is 212 Å². The number of hydrogen-bond donors (Lipinski definition) is 0. The Balaban J connectivity index is 1.16. The van der Waals surface area contributed by atoms with E-state index in [0.717, 1.165) is 16.3 Å². The summed E-state index contributed by atoms with van der Waals surface area (Å²) >= 11 is 0. The van der Waals surface area contributed by atoms with Crippen LogP contribution in [-0.2, 0) is 0 Å². The molecule has 12 rings (SSSR count). The molecule has 0 bridgehead atoms. The third-order valence-electron chi connectivity index (χ3n) is 12.3. The van der Waals surface area contributed by atoms with Gasteiger partial charge in [-0.15, -0.1) is 0 Å². The molecular formula is C57H35N. The lowest BCUT2D eigenvalue weighted by molar-refractivity contribution is 1.45. The molecule has 0 fully saturated rings. The van der Waals surface area contributed by atoms with Crippen LogP contribution in [0.1, 0.15) is 0 Å². The first-order chi connectivity index (χ1) is 28.8. The van der Waals surface area contributed by atoms with E-state index < -0.39 is 0 Å². The van der Waals surface area contributed by atoms with Gasteiger partial charge in [0.05, 0.1) is 5.52 Å². The SMILES string of the molecule is c1ccc2cc(-c3ccc(-c4c5ccccc5c(-c5ccc(-c6ccc7ccccc7c6)c6ccccc56)c5c4cnc4ccccc45)c4ccccc34)ccc2c1. The zero-order valence-electron chi connectivity index (χ0n) is 31.7. The third kappa shape index (κ3) is 5.00. The zero-order valence-corrected chi connectivity index (χ0v) is 31.7. The lowest BCUT2D eigenvalue weighted by Crippen LogP contribution is -1.95. The van der Waals surface area contributed by atoms with Crippen molar-refractivity contribution in [1.82, 2.24) is 4.98 Å². The number of para-hydroxylation sites is 1. The molecule has 1 heterocycles. The highest BCUT2D eigenvalue weighted by atomic mass is 14.7. The minimum atomic E-state index is 0.992. The van der Waals surface area contributed by atoms with Crippen molar-refractivity contribution in [1.29, 1.82) is 0 Å². The number of fused-ring (bicyclic) bond motifs is 8. The van der Waals surface area contributed by atoms with E-state index in [1.165, 1.54) is 104 Å². The zero-order chi connectivity index (χ0) is 38.2. The van der Waals surface area contributed by atoms with Crippen LogP contribution in [0.2, 0.25) is 0 Å². The van der Waals surface area contributed by atoms with E-state index >= 15 is 0 Å². The normalized spacial score (nSPS) is 11.8. The molecule has 0 N–H and O–H groups in total. The van der Waals surface area contributed by atoms with Crippen LogP contribution in [0.15, 0.2) is 212 Å². The van der Waals surface area contributed by atoms with Gasteiger partial charge in [-0.2, -0.15) is 0 Å². The summed E-state index contributed by atoms with van der Waals surface area (Å²) < 4.78 is 0. The minimum absolute atomic E-state index is 0.992. The van der Waals surface area contributed by atoms with Crippen molar-refractivity contribution in [2.45, 2.75) is 0 Å². The largest absolute Gasteiger partial charge is 0.256 e. The third-order valence-corrected chi connectivity index (χ3v) is 12.3. The highest BCUT2D eigenvalue weighted by Crippen LogP contribution is 2.50. The van der Waals surface area contributed by atoms with Gasteiger partial charge in [0, 0.05) is 22.4 Å². The van der Waals surface area contributed by atoms with Crippen LogP contribution in [0.25, 0.3) is 120 Å². The maximum Gasteiger partial charge on any atom is 0.0708 e. The molecule has 1 aromatic heterocycles. The molecule has 0 amide bonds. The summed E-state index contributed by atoms with van der Waals surface area (Å²) in [4.78, 5) is 5.15. The first kappa shape index (κ1) is 32.6. The number of nitrogens with zero attached hydrogens (tertiary/aromatic N) is 1. The highest BCUT2D eigenvalue weighted by Gasteiger charge is 2.22. The molecule has 0 atom stereocenters. The van der Waals surface area contributed by atoms with Crippen molar-refractivity contribution in [3.8, 4) is 44.5 Å². The number of pyridine rings is 1. The predicted octanol–water partition coefficient (Wildman–Crippen LogP) is 15.8. The second-order valence-corrected chi connectivity index (χ2v) is 15.4. The van der Waals surface area contributed by atoms with Gasteiger partial charge in [-0.25, -0.2) is 0 Å². The average molecular weight is 734 g/mol. The van der Waals surface area contributed by atoms with Crippen LogP contribution >= 0.6 is 0 Å². The Morgan fingerprint density at radius 3 is 1.21 bits per heavy atom. The summed E-state index contributed by atoms with van der Waals surface area (Å²) in [6, 6.07) is 75.7. The molecule has 0 radical (unpaired) electrons. The lowest BCUT2D eigenvalue weighted by atomic mass is 9.82. The Kier molecular flexibility index (Phi) is 7.30. The molecule has 0 saturated heterocycles. The van der Waals surface area contributed by atoms with Gasteiger partial charge in [-0.1, -0.05) is 188 Å². The smallest absolute Gasteiger partial charge is 0.0708 e. The Morgan fingerprint density at radius 1 is 0.259 bits per heavy atom. The van der Waals surface area contributed by atoms with Gasteiger partial charge in [-0.3, -0.25) is 4.98 Å². The summed E-state index contributed by atoms with van der Waals surface area (Å²) in [6.45, 7) is 0. The van der Waals surface area contributed by atoms with Crippen molar-refractivity contribution in [3.63, 3.8) is 0 Å². The van der Waals surface area contributed by atoms with Gasteiger partial charge in [0.25, 0.3) is 0 Å². The molecule has 0 saturated carbocycles. The standard InChI is InChI=1S/C57H35N/c1-3-15-38-33-40(27-25-36(38)13-1)42-29-31-50(46-19-7-5-17-44(42)46)55-48-21-9-10-22-49(48)56(57-52-23-11-12-24-54(52)58-35-53(55)57)51-32-30-43(45-18-6-8-20-47(45)51)41-28-26-37-14-2-4-16-39(37)34-41/h1-35H. The van der Waals surface area contributed by atoms with Gasteiger partial charge >= 0.3 is 0 Å². The quantitative estimate of drug-likeness (QED) is 0.130. The number of hydrogen-bond acceptors (Lipinski definition) is 1. The fourth-order valence-electron chi connectivity index (χ4n) is 9.62. The highest BCUT2D eigenvalue weighted by molar-refractivity contribution is 6.30. The van der Waals surface area contributed by atoms with Crippen molar-refractivity contribution in [2.24, 2.45) is 0 Å². The van der Waals surface area contributed by atoms with E-state index in [-0.39, 0.29) is 0 Å². The molecule has 1 heteroatoms. The Labute approximate surface area is 336 Å². The first-order valence-corrected chi connectivity index (χ1v) is 20.0. The van der Waals surface area contributed by atoms with Crippen LogP contribution in [0.5, 0.6) is 0 Å². The molecule has 0 unspecified atom stereocenters. The predicted molar refractivity (Wildman–Crippen MR) is 249 cm³/mol. The van der Waals surface area contributed by atoms with E-state index in [4.69, 9.17) is 4.98 Å². The lowest BCUT2D eigenvalue weighted by Gasteiger charge is -2.22. The van der Waals surface area contributed by atoms with Gasteiger partial charge in [0.2, 0.25) is 0 Å². The fourth-order valence-corrected chi connectivity index (χ4v) is 9.62. The molecule has 0 aliphatic rings. The molecule has 268 valence electrons. The van der Waals surface area contributed by atoms with Crippen molar-refractivity contribution < 1.29 is 0 Å². The summed E-state index contributed by atoms with van der Waals surface area (Å²) in [5, 5.41) is 15.9. The Morgan fingerprint density at radius 2 is 0.655 bits per heavy atom. The molecule has 11 aromatic carbocycles. The average Bonchev–Trinajstić information content (AvgIpc) is 3.30. The second kappa shape index (κ2) is 13.0. The maximum atomic E-state index is 5.15. The maximum absolute atomic E-state index is 5.15. The molecule has 12 aromatic rings. The van der Waals surface area contributed by atoms with E-state index in [2.05, 4.69) is 212 Å². The van der Waals surface area contributed by atoms with E-state index in [1.807, 2.05) is 0 Å². The van der Waals surface area contributed by atoms with E-state index in [9.17, 15) is 0 Å². The number of benzene rings is 11. The summed E-state index contributed by atoms with van der Waals surface area (Å²) in [5.41, 5.74) is 10.8. The topological polar surface area (TPSA) is 12.9 Å². The van der Waals surface area contributed by atoms with Gasteiger partial charge in [0.1, 0.15) is 0 Å². The van der Waals surface area contributed by atoms with Crippen LogP contribution in [0.3, 0.4) is 0 Å². The van der Waals surface area contributed by atoms with Crippen LogP contribution < -0.4 is 0 Å². The van der Waals surface area contributed by atoms with Crippen LogP contribution in [0, 0.1) is 0 Å². The van der Waals surface area contributed by atoms with Crippen molar-refractivity contribution >= 4 is 75.5 Å². The summed E-state index contributed by atoms with van der Waals surface area (Å²) in [5.74, 6) is 0. The summed E-state index contributed by atoms with van der Waals surface area (Å²) in [7, 11) is 0. The fraction of sp³-hybridized carbons (Fsp3) is 0. The molecule has 1 nitrogen and oxygen atoms in total. The minimum Gasteiger partial charge on any atom is -0.256 e. The van der Waals surface area contributed by atoms with Gasteiger partial charge in [0.15, 0.2) is 0 Å². The van der Waals surface area contributed by atoms with Crippen LogP contribution in [0.4, 0.5) is 0 Å². The van der Waals surface area contributed by atoms with Gasteiger partial charge < -0.3 is 0 Å². The van der Waals surface area contributed by atoms with E-state index in [0.29, 0.717) is 0 Å². The molecular weight excluding hydrogens is 699 g/mol. The van der Waals surface area contributed by atoms with E-state index in [1.54, 1.807) is 0 Å². The first-order valence-electron chi connectivity index (χ1n) is 20.0. The van der Waals surface area contributed by atoms with Crippen molar-refractivity contribution in [2.75, 3.05) is 0 Å².